The lowest BCUT2D eigenvalue weighted by Crippen LogP contribution is -2.34. The van der Waals surface area contributed by atoms with Gasteiger partial charge in [0.15, 0.2) is 0 Å². The second-order valence-electron chi connectivity index (χ2n) is 5.92. The van der Waals surface area contributed by atoms with Crippen LogP contribution in [-0.2, 0) is 6.54 Å². The molecule has 0 amide bonds. The molecule has 0 aliphatic heterocycles. The highest BCUT2D eigenvalue weighted by Crippen LogP contribution is 2.43. The number of hydrogen-bond donors (Lipinski definition) is 1. The zero-order valence-corrected chi connectivity index (χ0v) is 11.6. The fourth-order valence-electron chi connectivity index (χ4n) is 3.23. The minimum atomic E-state index is 0.786. The van der Waals surface area contributed by atoms with E-state index in [1.54, 1.807) is 0 Å². The van der Waals surface area contributed by atoms with Gasteiger partial charge in [0, 0.05) is 12.6 Å². The molecule has 2 atom stereocenters. The summed E-state index contributed by atoms with van der Waals surface area (Å²) in [5.41, 5.74) is 2.96. The summed E-state index contributed by atoms with van der Waals surface area (Å²) in [6, 6.07) is 0.786. The molecule has 2 fully saturated rings. The number of aryl methyl sites for hydroxylation is 1. The van der Waals surface area contributed by atoms with Gasteiger partial charge < -0.3 is 5.32 Å². The maximum Gasteiger partial charge on any atom is 0.0218 e. The molecule has 94 valence electrons. The van der Waals surface area contributed by atoms with Crippen LogP contribution in [0.3, 0.4) is 0 Å². The predicted octanol–water partition coefficient (Wildman–Crippen LogP) is 4.11. The zero-order chi connectivity index (χ0) is 11.7. The number of nitrogens with one attached hydrogen (secondary N) is 1. The van der Waals surface area contributed by atoms with Crippen LogP contribution in [0.1, 0.15) is 49.7 Å². The summed E-state index contributed by atoms with van der Waals surface area (Å²) in [4.78, 5) is 0. The van der Waals surface area contributed by atoms with E-state index in [0.29, 0.717) is 0 Å². The Hall–Kier alpha value is -0.340. The third kappa shape index (κ3) is 2.92. The van der Waals surface area contributed by atoms with E-state index < -0.39 is 0 Å². The summed E-state index contributed by atoms with van der Waals surface area (Å²) in [7, 11) is 0. The third-order valence-corrected chi connectivity index (χ3v) is 5.46. The maximum absolute atomic E-state index is 3.78. The third-order valence-electron chi connectivity index (χ3n) is 4.55. The largest absolute Gasteiger partial charge is 0.310 e. The van der Waals surface area contributed by atoms with E-state index in [1.165, 1.54) is 49.7 Å². The topological polar surface area (TPSA) is 12.0 Å². The van der Waals surface area contributed by atoms with Crippen molar-refractivity contribution < 1.29 is 0 Å². The second-order valence-corrected chi connectivity index (χ2v) is 6.67. The quantitative estimate of drug-likeness (QED) is 0.846. The minimum Gasteiger partial charge on any atom is -0.310 e. The average Bonchev–Trinajstić information content (AvgIpc) is 3.12. The molecule has 0 radical (unpaired) electrons. The molecule has 0 bridgehead atoms. The molecule has 2 aliphatic rings. The summed E-state index contributed by atoms with van der Waals surface area (Å²) in [5.74, 6) is 2.15. The van der Waals surface area contributed by atoms with Gasteiger partial charge in [-0.3, -0.25) is 0 Å². The van der Waals surface area contributed by atoms with Crippen LogP contribution < -0.4 is 5.32 Å². The molecule has 2 heteroatoms. The Morgan fingerprint density at radius 1 is 1.18 bits per heavy atom. The molecule has 2 unspecified atom stereocenters. The van der Waals surface area contributed by atoms with Crippen molar-refractivity contribution in [1.29, 1.82) is 0 Å². The van der Waals surface area contributed by atoms with Gasteiger partial charge in [0.25, 0.3) is 0 Å². The molecular weight excluding hydrogens is 226 g/mol. The Kier molecular flexibility index (Phi) is 3.53. The first-order valence-electron chi connectivity index (χ1n) is 7.08. The lowest BCUT2D eigenvalue weighted by atomic mass is 9.82. The maximum atomic E-state index is 3.78. The molecule has 17 heavy (non-hydrogen) atoms. The van der Waals surface area contributed by atoms with Gasteiger partial charge in [-0.2, -0.15) is 11.3 Å². The molecule has 1 heterocycles. The van der Waals surface area contributed by atoms with Crippen LogP contribution in [0, 0.1) is 18.8 Å². The number of hydrogen-bond acceptors (Lipinski definition) is 2. The normalized spacial score (nSPS) is 29.5. The Bertz CT molecular complexity index is 367. The lowest BCUT2D eigenvalue weighted by Gasteiger charge is -2.30. The van der Waals surface area contributed by atoms with E-state index in [1.807, 2.05) is 11.3 Å². The summed E-state index contributed by atoms with van der Waals surface area (Å²) < 4.78 is 0. The highest BCUT2D eigenvalue weighted by Gasteiger charge is 2.34. The smallest absolute Gasteiger partial charge is 0.0218 e. The number of rotatable bonds is 4. The van der Waals surface area contributed by atoms with Crippen molar-refractivity contribution in [2.24, 2.45) is 11.8 Å². The van der Waals surface area contributed by atoms with E-state index in [0.717, 1.165) is 24.4 Å². The van der Waals surface area contributed by atoms with Crippen molar-refractivity contribution in [3.63, 3.8) is 0 Å². The van der Waals surface area contributed by atoms with Gasteiger partial charge in [-0.05, 0) is 66.3 Å². The first-order valence-corrected chi connectivity index (χ1v) is 8.02. The molecule has 0 spiro atoms. The van der Waals surface area contributed by atoms with E-state index in [4.69, 9.17) is 0 Å². The Balaban J connectivity index is 1.49. The van der Waals surface area contributed by atoms with Crippen molar-refractivity contribution in [2.45, 2.75) is 58.0 Å². The van der Waals surface area contributed by atoms with Crippen molar-refractivity contribution in [3.05, 3.63) is 21.9 Å². The standard InChI is InChI=1S/C15H23NS/c1-11-9-17-10-14(11)8-16-15-4-2-3-13(7-15)12-5-6-12/h9-10,12-13,15-16H,2-8H2,1H3. The first-order chi connectivity index (χ1) is 8.33. The molecule has 1 nitrogen and oxygen atoms in total. The molecule has 1 aromatic heterocycles. The molecule has 0 saturated heterocycles. The van der Waals surface area contributed by atoms with Crippen LogP contribution in [0.4, 0.5) is 0 Å². The monoisotopic (exact) mass is 249 g/mol. The highest BCUT2D eigenvalue weighted by molar-refractivity contribution is 7.08. The number of thiophene rings is 1. The fourth-order valence-corrected chi connectivity index (χ4v) is 4.09. The van der Waals surface area contributed by atoms with Crippen LogP contribution in [-0.4, -0.2) is 6.04 Å². The molecule has 2 saturated carbocycles. The Morgan fingerprint density at radius 3 is 2.76 bits per heavy atom. The van der Waals surface area contributed by atoms with Crippen LogP contribution in [0.5, 0.6) is 0 Å². The first kappa shape index (κ1) is 11.7. The Labute approximate surface area is 109 Å². The summed E-state index contributed by atoms with van der Waals surface area (Å²) >= 11 is 1.83. The summed E-state index contributed by atoms with van der Waals surface area (Å²) in [5, 5.41) is 8.33. The molecular formula is C15H23NS. The van der Waals surface area contributed by atoms with Crippen LogP contribution in [0.2, 0.25) is 0 Å². The molecule has 1 N–H and O–H groups in total. The molecule has 3 rings (SSSR count). The van der Waals surface area contributed by atoms with Gasteiger partial charge in [0.05, 0.1) is 0 Å². The van der Waals surface area contributed by atoms with E-state index >= 15 is 0 Å². The highest BCUT2D eigenvalue weighted by atomic mass is 32.1. The lowest BCUT2D eigenvalue weighted by molar-refractivity contribution is 0.260. The van der Waals surface area contributed by atoms with Crippen molar-refractivity contribution in [1.82, 2.24) is 5.32 Å². The van der Waals surface area contributed by atoms with Gasteiger partial charge in [-0.15, -0.1) is 0 Å². The van der Waals surface area contributed by atoms with Crippen LogP contribution in [0.25, 0.3) is 0 Å². The van der Waals surface area contributed by atoms with Crippen molar-refractivity contribution in [2.75, 3.05) is 0 Å². The van der Waals surface area contributed by atoms with Gasteiger partial charge in [-0.25, -0.2) is 0 Å². The fraction of sp³-hybridized carbons (Fsp3) is 0.733. The predicted molar refractivity (Wildman–Crippen MR) is 74.4 cm³/mol. The molecule has 0 aromatic carbocycles. The SMILES string of the molecule is Cc1cscc1CNC1CCCC(C2CC2)C1. The van der Waals surface area contributed by atoms with Crippen LogP contribution in [0.15, 0.2) is 10.8 Å². The zero-order valence-electron chi connectivity index (χ0n) is 10.7. The average molecular weight is 249 g/mol. The van der Waals surface area contributed by atoms with E-state index in [2.05, 4.69) is 23.0 Å². The van der Waals surface area contributed by atoms with E-state index in [-0.39, 0.29) is 0 Å². The minimum absolute atomic E-state index is 0.786. The molecule has 1 aromatic rings. The van der Waals surface area contributed by atoms with Gasteiger partial charge in [-0.1, -0.05) is 12.8 Å². The Morgan fingerprint density at radius 2 is 2.06 bits per heavy atom. The van der Waals surface area contributed by atoms with Gasteiger partial charge >= 0.3 is 0 Å². The molecule has 2 aliphatic carbocycles. The van der Waals surface area contributed by atoms with Crippen molar-refractivity contribution >= 4 is 11.3 Å². The van der Waals surface area contributed by atoms with Gasteiger partial charge in [0.2, 0.25) is 0 Å². The van der Waals surface area contributed by atoms with Crippen molar-refractivity contribution in [3.8, 4) is 0 Å². The summed E-state index contributed by atoms with van der Waals surface area (Å²) in [6.45, 7) is 3.30. The summed E-state index contributed by atoms with van der Waals surface area (Å²) in [6.07, 6.45) is 8.81. The van der Waals surface area contributed by atoms with Gasteiger partial charge in [0.1, 0.15) is 0 Å². The van der Waals surface area contributed by atoms with Crippen LogP contribution >= 0.6 is 11.3 Å². The second kappa shape index (κ2) is 5.11. The van der Waals surface area contributed by atoms with E-state index in [9.17, 15) is 0 Å².